The minimum absolute atomic E-state index is 0.0913. The molecule has 0 bridgehead atoms. The first-order chi connectivity index (χ1) is 6.54. The third kappa shape index (κ3) is 2.54. The average molecular weight is 263 g/mol. The van der Waals surface area contributed by atoms with Gasteiger partial charge in [-0.1, -0.05) is 22.5 Å². The van der Waals surface area contributed by atoms with Gasteiger partial charge in [-0.3, -0.25) is 0 Å². The third-order valence-corrected chi connectivity index (χ3v) is 1.98. The number of rotatable bonds is 3. The molecule has 0 N–H and O–H groups in total. The zero-order chi connectivity index (χ0) is 10.7. The molecule has 0 aromatic heterocycles. The Labute approximate surface area is 89.5 Å². The Morgan fingerprint density at radius 1 is 1.43 bits per heavy atom. The first kappa shape index (κ1) is 11.2. The van der Waals surface area contributed by atoms with E-state index in [0.29, 0.717) is 4.48 Å². The van der Waals surface area contributed by atoms with Crippen LogP contribution in [0.4, 0.5) is 8.78 Å². The minimum atomic E-state index is -0.572. The van der Waals surface area contributed by atoms with E-state index in [-0.39, 0.29) is 17.7 Å². The molecular formula is C10H9BrF2O. The van der Waals surface area contributed by atoms with Gasteiger partial charge in [0, 0.05) is 12.5 Å². The molecule has 0 aliphatic heterocycles. The van der Waals surface area contributed by atoms with Crippen LogP contribution in [-0.2, 0) is 6.42 Å². The van der Waals surface area contributed by atoms with Gasteiger partial charge in [0.2, 0.25) is 0 Å². The van der Waals surface area contributed by atoms with Crippen molar-refractivity contribution < 1.29 is 13.5 Å². The van der Waals surface area contributed by atoms with Gasteiger partial charge in [0.25, 0.3) is 0 Å². The zero-order valence-electron chi connectivity index (χ0n) is 7.61. The maximum Gasteiger partial charge on any atom is 0.165 e. The molecular weight excluding hydrogens is 254 g/mol. The van der Waals surface area contributed by atoms with Gasteiger partial charge < -0.3 is 4.74 Å². The van der Waals surface area contributed by atoms with Gasteiger partial charge >= 0.3 is 0 Å². The van der Waals surface area contributed by atoms with E-state index in [1.165, 1.54) is 7.11 Å². The monoisotopic (exact) mass is 262 g/mol. The molecule has 0 unspecified atom stereocenters. The van der Waals surface area contributed by atoms with Gasteiger partial charge in [0.05, 0.1) is 7.11 Å². The Balaban J connectivity index is 3.08. The summed E-state index contributed by atoms with van der Waals surface area (Å²) < 4.78 is 31.6. The summed E-state index contributed by atoms with van der Waals surface area (Å²) in [7, 11) is 1.29. The second-order valence-corrected chi connectivity index (χ2v) is 3.89. The predicted octanol–water partition coefficient (Wildman–Crippen LogP) is 3.42. The van der Waals surface area contributed by atoms with E-state index in [4.69, 9.17) is 0 Å². The van der Waals surface area contributed by atoms with Crippen LogP contribution in [-0.4, -0.2) is 7.11 Å². The summed E-state index contributed by atoms with van der Waals surface area (Å²) in [4.78, 5) is 0. The Morgan fingerprint density at radius 3 is 2.57 bits per heavy atom. The van der Waals surface area contributed by atoms with Crippen molar-refractivity contribution in [2.75, 3.05) is 7.11 Å². The zero-order valence-corrected chi connectivity index (χ0v) is 9.20. The molecule has 4 heteroatoms. The summed E-state index contributed by atoms with van der Waals surface area (Å²) in [6.45, 7) is 3.56. The maximum atomic E-state index is 13.3. The summed E-state index contributed by atoms with van der Waals surface area (Å²) in [5.41, 5.74) is 0.255. The van der Waals surface area contributed by atoms with Crippen molar-refractivity contribution in [1.29, 1.82) is 0 Å². The molecule has 0 aliphatic carbocycles. The molecule has 0 aliphatic rings. The van der Waals surface area contributed by atoms with Crippen LogP contribution in [0.25, 0.3) is 0 Å². The van der Waals surface area contributed by atoms with Crippen LogP contribution in [0.1, 0.15) is 5.56 Å². The lowest BCUT2D eigenvalue weighted by atomic mass is 10.1. The maximum absolute atomic E-state index is 13.3. The summed E-state index contributed by atoms with van der Waals surface area (Å²) >= 11 is 3.09. The highest BCUT2D eigenvalue weighted by Gasteiger charge is 2.10. The number of hydrogen-bond donors (Lipinski definition) is 0. The number of benzene rings is 1. The lowest BCUT2D eigenvalue weighted by molar-refractivity contribution is 0.382. The Kier molecular flexibility index (Phi) is 3.63. The smallest absolute Gasteiger partial charge is 0.165 e. The first-order valence-electron chi connectivity index (χ1n) is 3.89. The molecule has 1 nitrogen and oxygen atoms in total. The first-order valence-corrected chi connectivity index (χ1v) is 4.69. The van der Waals surface area contributed by atoms with E-state index in [2.05, 4.69) is 27.2 Å². The number of halogens is 3. The molecule has 0 fully saturated rings. The van der Waals surface area contributed by atoms with Crippen molar-refractivity contribution in [3.8, 4) is 5.75 Å². The lowest BCUT2D eigenvalue weighted by Gasteiger charge is -2.06. The van der Waals surface area contributed by atoms with E-state index < -0.39 is 11.6 Å². The van der Waals surface area contributed by atoms with E-state index in [1.54, 1.807) is 0 Å². The summed E-state index contributed by atoms with van der Waals surface area (Å²) in [6.07, 6.45) is 0.257. The van der Waals surface area contributed by atoms with Crippen LogP contribution in [0.15, 0.2) is 23.2 Å². The SMILES string of the molecule is C=C(Br)Cc1cc(F)c(OC)cc1F. The summed E-state index contributed by atoms with van der Waals surface area (Å²) in [5.74, 6) is -1.16. The van der Waals surface area contributed by atoms with E-state index >= 15 is 0 Å². The number of ether oxygens (including phenoxy) is 1. The number of allylic oxidation sites excluding steroid dienone is 1. The predicted molar refractivity (Wildman–Crippen MR) is 54.7 cm³/mol. The van der Waals surface area contributed by atoms with Crippen molar-refractivity contribution in [2.45, 2.75) is 6.42 Å². The largest absolute Gasteiger partial charge is 0.494 e. The molecule has 0 heterocycles. The van der Waals surface area contributed by atoms with Crippen LogP contribution < -0.4 is 4.74 Å². The lowest BCUT2D eigenvalue weighted by Crippen LogP contribution is -1.95. The molecule has 76 valence electrons. The van der Waals surface area contributed by atoms with Crippen molar-refractivity contribution in [3.05, 3.63) is 40.4 Å². The van der Waals surface area contributed by atoms with Gasteiger partial charge in [-0.25, -0.2) is 8.78 Å². The quantitative estimate of drug-likeness (QED) is 0.811. The minimum Gasteiger partial charge on any atom is -0.494 e. The van der Waals surface area contributed by atoms with Crippen LogP contribution in [0.5, 0.6) is 5.75 Å². The van der Waals surface area contributed by atoms with E-state index in [1.807, 2.05) is 0 Å². The average Bonchev–Trinajstić information content (AvgIpc) is 2.10. The normalized spacial score (nSPS) is 10.0. The Bertz CT molecular complexity index is 363. The van der Waals surface area contributed by atoms with Crippen LogP contribution in [0.3, 0.4) is 0 Å². The highest BCUT2D eigenvalue weighted by atomic mass is 79.9. The highest BCUT2D eigenvalue weighted by molar-refractivity contribution is 9.11. The van der Waals surface area contributed by atoms with Crippen LogP contribution in [0, 0.1) is 11.6 Å². The fourth-order valence-electron chi connectivity index (χ4n) is 1.07. The third-order valence-electron chi connectivity index (χ3n) is 1.70. The van der Waals surface area contributed by atoms with Crippen molar-refractivity contribution in [3.63, 3.8) is 0 Å². The molecule has 0 saturated heterocycles. The van der Waals surface area contributed by atoms with Crippen molar-refractivity contribution in [2.24, 2.45) is 0 Å². The standard InChI is InChI=1S/C10H9BrF2O/c1-6(11)3-7-4-9(13)10(14-2)5-8(7)12/h4-5H,1,3H2,2H3. The number of methoxy groups -OCH3 is 1. The molecule has 0 spiro atoms. The molecule has 1 aromatic rings. The molecule has 0 saturated carbocycles. The van der Waals surface area contributed by atoms with Gasteiger partial charge in [-0.05, 0) is 16.1 Å². The molecule has 1 aromatic carbocycles. The Hall–Kier alpha value is -0.900. The fraction of sp³-hybridized carbons (Fsp3) is 0.200. The highest BCUT2D eigenvalue weighted by Crippen LogP contribution is 2.23. The van der Waals surface area contributed by atoms with E-state index in [9.17, 15) is 8.78 Å². The van der Waals surface area contributed by atoms with Crippen LogP contribution in [0.2, 0.25) is 0 Å². The number of hydrogen-bond acceptors (Lipinski definition) is 1. The van der Waals surface area contributed by atoms with Crippen LogP contribution >= 0.6 is 15.9 Å². The van der Waals surface area contributed by atoms with Crippen molar-refractivity contribution >= 4 is 15.9 Å². The molecule has 0 atom stereocenters. The molecule has 14 heavy (non-hydrogen) atoms. The molecule has 0 amide bonds. The van der Waals surface area contributed by atoms with Gasteiger partial charge in [0.15, 0.2) is 11.6 Å². The van der Waals surface area contributed by atoms with Gasteiger partial charge in [-0.2, -0.15) is 0 Å². The second-order valence-electron chi connectivity index (χ2n) is 2.77. The second kappa shape index (κ2) is 4.55. The summed E-state index contributed by atoms with van der Waals surface area (Å²) in [5, 5.41) is 0. The molecule has 1 rings (SSSR count). The van der Waals surface area contributed by atoms with Gasteiger partial charge in [0.1, 0.15) is 5.82 Å². The van der Waals surface area contributed by atoms with Crippen molar-refractivity contribution in [1.82, 2.24) is 0 Å². The van der Waals surface area contributed by atoms with Gasteiger partial charge in [-0.15, -0.1) is 0 Å². The fourth-order valence-corrected chi connectivity index (χ4v) is 1.37. The topological polar surface area (TPSA) is 9.23 Å². The molecule has 0 radical (unpaired) electrons. The summed E-state index contributed by atoms with van der Waals surface area (Å²) in [6, 6.07) is 2.14. The Morgan fingerprint density at radius 2 is 2.07 bits per heavy atom. The van der Waals surface area contributed by atoms with E-state index in [0.717, 1.165) is 12.1 Å².